The fourth-order valence-electron chi connectivity index (χ4n) is 3.50. The number of guanidine groups is 1. The first-order chi connectivity index (χ1) is 12.9. The lowest BCUT2D eigenvalue weighted by molar-refractivity contribution is 0.0893. The number of furan rings is 1. The van der Waals surface area contributed by atoms with Gasteiger partial charge >= 0.3 is 0 Å². The molecule has 2 fully saturated rings. The molecule has 1 aliphatic carbocycles. The molecule has 0 aromatic carbocycles. The molecule has 7 heteroatoms. The highest BCUT2D eigenvalue weighted by molar-refractivity contribution is 14.0. The Morgan fingerprint density at radius 1 is 1.26 bits per heavy atom. The van der Waals surface area contributed by atoms with Crippen LogP contribution < -0.4 is 10.6 Å². The Bertz CT molecular complexity index is 513. The zero-order chi connectivity index (χ0) is 17.9. The van der Waals surface area contributed by atoms with Crippen molar-refractivity contribution in [2.75, 3.05) is 39.5 Å². The van der Waals surface area contributed by atoms with Crippen LogP contribution in [0, 0.1) is 5.92 Å². The van der Waals surface area contributed by atoms with Crippen LogP contribution in [0.15, 0.2) is 27.8 Å². The van der Waals surface area contributed by atoms with Crippen molar-refractivity contribution in [2.24, 2.45) is 10.9 Å². The molecule has 0 bridgehead atoms. The number of nitrogens with zero attached hydrogens (tertiary/aromatic N) is 1. The molecule has 1 aromatic heterocycles. The van der Waals surface area contributed by atoms with Crippen molar-refractivity contribution in [1.82, 2.24) is 10.6 Å². The normalized spacial score (nSPS) is 20.6. The van der Waals surface area contributed by atoms with Crippen LogP contribution in [0.4, 0.5) is 0 Å². The van der Waals surface area contributed by atoms with E-state index in [4.69, 9.17) is 18.9 Å². The second-order valence-corrected chi connectivity index (χ2v) is 7.27. The number of nitrogens with one attached hydrogen (secondary N) is 2. The van der Waals surface area contributed by atoms with Gasteiger partial charge in [-0.2, -0.15) is 0 Å². The second-order valence-electron chi connectivity index (χ2n) is 7.27. The molecule has 154 valence electrons. The molecule has 3 rings (SSSR count). The van der Waals surface area contributed by atoms with Crippen molar-refractivity contribution >= 4 is 29.9 Å². The van der Waals surface area contributed by atoms with Crippen LogP contribution >= 0.6 is 24.0 Å². The summed E-state index contributed by atoms with van der Waals surface area (Å²) >= 11 is 0. The molecule has 1 saturated heterocycles. The SMILES string of the molecule is I.c1coc(CCNC(=NCCCOCC2CCOC2)NC2CCCC2)c1. The Morgan fingerprint density at radius 3 is 2.89 bits per heavy atom. The van der Waals surface area contributed by atoms with Gasteiger partial charge in [-0.3, -0.25) is 4.99 Å². The van der Waals surface area contributed by atoms with Gasteiger partial charge in [-0.05, 0) is 37.8 Å². The zero-order valence-electron chi connectivity index (χ0n) is 16.2. The molecule has 2 N–H and O–H groups in total. The van der Waals surface area contributed by atoms with Crippen molar-refractivity contribution in [3.8, 4) is 0 Å². The molecular weight excluding hydrogens is 457 g/mol. The summed E-state index contributed by atoms with van der Waals surface area (Å²) in [5.74, 6) is 2.51. The molecule has 2 heterocycles. The summed E-state index contributed by atoms with van der Waals surface area (Å²) in [4.78, 5) is 4.73. The van der Waals surface area contributed by atoms with Crippen molar-refractivity contribution in [1.29, 1.82) is 0 Å². The molecule has 6 nitrogen and oxygen atoms in total. The highest BCUT2D eigenvalue weighted by Gasteiger charge is 2.16. The maximum Gasteiger partial charge on any atom is 0.191 e. The summed E-state index contributed by atoms with van der Waals surface area (Å²) in [7, 11) is 0. The van der Waals surface area contributed by atoms with E-state index in [2.05, 4.69) is 10.6 Å². The minimum Gasteiger partial charge on any atom is -0.469 e. The van der Waals surface area contributed by atoms with E-state index < -0.39 is 0 Å². The first kappa shape index (κ1) is 22.5. The summed E-state index contributed by atoms with van der Waals surface area (Å²) in [6.07, 6.45) is 9.78. The number of hydrogen-bond donors (Lipinski definition) is 2. The molecule has 1 saturated carbocycles. The third kappa shape index (κ3) is 8.83. The maximum atomic E-state index is 5.76. The number of rotatable bonds is 10. The fraction of sp³-hybridized carbons (Fsp3) is 0.750. The maximum absolute atomic E-state index is 5.76. The van der Waals surface area contributed by atoms with E-state index in [0.717, 1.165) is 70.5 Å². The molecule has 1 aromatic rings. The van der Waals surface area contributed by atoms with Gasteiger partial charge < -0.3 is 24.5 Å². The van der Waals surface area contributed by atoms with Gasteiger partial charge in [-0.1, -0.05) is 12.8 Å². The van der Waals surface area contributed by atoms with Crippen LogP contribution in [0.2, 0.25) is 0 Å². The number of aliphatic imine (C=N–C) groups is 1. The van der Waals surface area contributed by atoms with Gasteiger partial charge in [0.05, 0.1) is 19.5 Å². The predicted molar refractivity (Wildman–Crippen MR) is 118 cm³/mol. The Hall–Kier alpha value is -0.800. The molecule has 1 aliphatic heterocycles. The van der Waals surface area contributed by atoms with E-state index in [9.17, 15) is 0 Å². The van der Waals surface area contributed by atoms with Crippen LogP contribution in [0.5, 0.6) is 0 Å². The quantitative estimate of drug-likeness (QED) is 0.228. The molecule has 2 aliphatic rings. The molecule has 0 spiro atoms. The average molecular weight is 491 g/mol. The first-order valence-electron chi connectivity index (χ1n) is 10.1. The van der Waals surface area contributed by atoms with Crippen molar-refractivity contribution in [3.63, 3.8) is 0 Å². The lowest BCUT2D eigenvalue weighted by atomic mass is 10.1. The van der Waals surface area contributed by atoms with E-state index >= 15 is 0 Å². The van der Waals surface area contributed by atoms with E-state index in [1.165, 1.54) is 25.7 Å². The van der Waals surface area contributed by atoms with Crippen LogP contribution in [0.25, 0.3) is 0 Å². The Labute approximate surface area is 179 Å². The largest absolute Gasteiger partial charge is 0.469 e. The van der Waals surface area contributed by atoms with Crippen LogP contribution in [-0.2, 0) is 15.9 Å². The van der Waals surface area contributed by atoms with Gasteiger partial charge in [0.15, 0.2) is 5.96 Å². The van der Waals surface area contributed by atoms with E-state index in [1.807, 2.05) is 12.1 Å². The predicted octanol–water partition coefficient (Wildman–Crippen LogP) is 3.36. The van der Waals surface area contributed by atoms with Crippen molar-refractivity contribution in [3.05, 3.63) is 24.2 Å². The summed E-state index contributed by atoms with van der Waals surface area (Å²) in [5.41, 5.74) is 0. The number of hydrogen-bond acceptors (Lipinski definition) is 4. The minimum atomic E-state index is 0. The fourth-order valence-corrected chi connectivity index (χ4v) is 3.50. The molecule has 27 heavy (non-hydrogen) atoms. The minimum absolute atomic E-state index is 0. The van der Waals surface area contributed by atoms with Crippen LogP contribution in [-0.4, -0.2) is 51.5 Å². The Kier molecular flexibility index (Phi) is 11.2. The van der Waals surface area contributed by atoms with E-state index in [-0.39, 0.29) is 24.0 Å². The average Bonchev–Trinajstić information content (AvgIpc) is 3.41. The third-order valence-corrected chi connectivity index (χ3v) is 5.03. The topological polar surface area (TPSA) is 68.0 Å². The third-order valence-electron chi connectivity index (χ3n) is 5.03. The van der Waals surface area contributed by atoms with Gasteiger partial charge in [0.2, 0.25) is 0 Å². The highest BCUT2D eigenvalue weighted by atomic mass is 127. The summed E-state index contributed by atoms with van der Waals surface area (Å²) in [6, 6.07) is 4.50. The summed E-state index contributed by atoms with van der Waals surface area (Å²) in [6.45, 7) is 4.93. The van der Waals surface area contributed by atoms with Crippen molar-refractivity contribution in [2.45, 2.75) is 51.0 Å². The Morgan fingerprint density at radius 2 is 2.15 bits per heavy atom. The van der Waals surface area contributed by atoms with Gasteiger partial charge in [-0.15, -0.1) is 24.0 Å². The Balaban J connectivity index is 0.00000261. The highest BCUT2D eigenvalue weighted by Crippen LogP contribution is 2.17. The number of halogens is 1. The molecule has 1 unspecified atom stereocenters. The van der Waals surface area contributed by atoms with Gasteiger partial charge in [0.25, 0.3) is 0 Å². The smallest absolute Gasteiger partial charge is 0.191 e. The summed E-state index contributed by atoms with van der Waals surface area (Å²) in [5, 5.41) is 7.02. The number of ether oxygens (including phenoxy) is 2. The lowest BCUT2D eigenvalue weighted by Gasteiger charge is -2.17. The van der Waals surface area contributed by atoms with Crippen LogP contribution in [0.3, 0.4) is 0 Å². The monoisotopic (exact) mass is 491 g/mol. The standard InChI is InChI=1S/C20H33N3O3.HI/c1-2-6-18(5-1)23-20(22-11-8-19-7-3-13-26-19)21-10-4-12-24-15-17-9-14-25-16-17;/h3,7,13,17-18H,1-2,4-6,8-12,14-16H2,(H2,21,22,23);1H. The van der Waals surface area contributed by atoms with Crippen LogP contribution in [0.1, 0.15) is 44.3 Å². The molecule has 0 radical (unpaired) electrons. The lowest BCUT2D eigenvalue weighted by Crippen LogP contribution is -2.43. The van der Waals surface area contributed by atoms with E-state index in [0.29, 0.717) is 12.0 Å². The van der Waals surface area contributed by atoms with Gasteiger partial charge in [-0.25, -0.2) is 0 Å². The van der Waals surface area contributed by atoms with Gasteiger partial charge in [0.1, 0.15) is 5.76 Å². The molecule has 1 atom stereocenters. The van der Waals surface area contributed by atoms with E-state index in [1.54, 1.807) is 6.26 Å². The van der Waals surface area contributed by atoms with Gasteiger partial charge in [0, 0.05) is 44.7 Å². The molecular formula is C20H34IN3O3. The van der Waals surface area contributed by atoms with Crippen molar-refractivity contribution < 1.29 is 13.9 Å². The molecule has 0 amide bonds. The second kappa shape index (κ2) is 13.4. The summed E-state index contributed by atoms with van der Waals surface area (Å²) < 4.78 is 16.5. The zero-order valence-corrected chi connectivity index (χ0v) is 18.5. The first-order valence-corrected chi connectivity index (χ1v) is 10.1.